The van der Waals surface area contributed by atoms with Crippen LogP contribution in [-0.2, 0) is 20.7 Å². The molecule has 1 spiro atoms. The third-order valence-corrected chi connectivity index (χ3v) is 14.7. The molecular formula is C43H39NO2S. The number of benzene rings is 5. The summed E-state index contributed by atoms with van der Waals surface area (Å²) in [4.78, 5) is 3.29. The first kappa shape index (κ1) is 27.9. The molecule has 0 N–H and O–H groups in total. The van der Waals surface area contributed by atoms with Crippen molar-refractivity contribution in [2.75, 3.05) is 4.90 Å². The van der Waals surface area contributed by atoms with E-state index in [0.717, 1.165) is 40.0 Å². The molecule has 1 heterocycles. The minimum Gasteiger partial charge on any atom is -0.310 e. The van der Waals surface area contributed by atoms with Crippen molar-refractivity contribution in [3.8, 4) is 11.1 Å². The summed E-state index contributed by atoms with van der Waals surface area (Å²) in [5.74, 6) is 2.57. The average Bonchev–Trinajstić information content (AvgIpc) is 3.31. The summed E-state index contributed by atoms with van der Waals surface area (Å²) in [6.45, 7) is 4.61. The SMILES string of the molecule is CC1(C)c2ccccc2-c2ccc(N(c3ccccc3)c3ccc4c(c3)S(=O)(=O)c3ccccc3C43C4CC5CC(C4)CC3C5)cc21. The molecule has 0 unspecified atom stereocenters. The van der Waals surface area contributed by atoms with Gasteiger partial charge >= 0.3 is 0 Å². The molecule has 1 aliphatic heterocycles. The van der Waals surface area contributed by atoms with Crippen LogP contribution in [0.2, 0.25) is 0 Å². The molecule has 0 atom stereocenters. The van der Waals surface area contributed by atoms with Crippen LogP contribution >= 0.6 is 0 Å². The highest BCUT2D eigenvalue weighted by Crippen LogP contribution is 2.68. The number of anilines is 3. The molecule has 47 heavy (non-hydrogen) atoms. The Hall–Kier alpha value is -4.15. The maximum absolute atomic E-state index is 14.7. The largest absolute Gasteiger partial charge is 0.310 e. The predicted octanol–water partition coefficient (Wildman–Crippen LogP) is 10.4. The van der Waals surface area contributed by atoms with Crippen molar-refractivity contribution in [3.63, 3.8) is 0 Å². The van der Waals surface area contributed by atoms with E-state index in [2.05, 4.69) is 110 Å². The highest BCUT2D eigenvalue weighted by Gasteiger charge is 2.62. The van der Waals surface area contributed by atoms with E-state index in [1.54, 1.807) is 0 Å². The van der Waals surface area contributed by atoms with Crippen LogP contribution in [0.3, 0.4) is 0 Å². The number of hydrogen-bond acceptors (Lipinski definition) is 3. The lowest BCUT2D eigenvalue weighted by Crippen LogP contribution is -2.57. The molecule has 0 saturated heterocycles. The Morgan fingerprint density at radius 2 is 1.11 bits per heavy atom. The lowest BCUT2D eigenvalue weighted by atomic mass is 9.42. The standard InChI is InChI=1S/C43H39NO2S/c1-42(2)36-13-7-6-12-34(36)35-18-16-32(25-39(35)42)44(31-10-4-3-5-11-31)33-17-19-38-41(26-33)47(45,46)40-15-9-8-14-37(40)43(38)29-21-27-20-28(23-29)24-30(43)22-27/h3-19,25-30H,20-24H2,1-2H3. The van der Waals surface area contributed by atoms with Gasteiger partial charge < -0.3 is 4.90 Å². The molecular weight excluding hydrogens is 595 g/mol. The molecule has 5 aliphatic carbocycles. The van der Waals surface area contributed by atoms with E-state index in [4.69, 9.17) is 0 Å². The van der Waals surface area contributed by atoms with Crippen LogP contribution in [0.15, 0.2) is 125 Å². The molecule has 5 aromatic carbocycles. The zero-order valence-corrected chi connectivity index (χ0v) is 27.8. The minimum atomic E-state index is -3.72. The van der Waals surface area contributed by atoms with Gasteiger partial charge in [-0.25, -0.2) is 8.42 Å². The van der Waals surface area contributed by atoms with E-state index < -0.39 is 9.84 Å². The van der Waals surface area contributed by atoms with Crippen LogP contribution < -0.4 is 4.90 Å². The van der Waals surface area contributed by atoms with E-state index in [1.165, 1.54) is 54.4 Å². The molecule has 4 saturated carbocycles. The molecule has 4 bridgehead atoms. The van der Waals surface area contributed by atoms with Gasteiger partial charge in [0.2, 0.25) is 9.84 Å². The Kier molecular flexibility index (Phi) is 5.63. The number of fused-ring (bicyclic) bond motifs is 5. The highest BCUT2D eigenvalue weighted by molar-refractivity contribution is 7.91. The molecule has 4 fully saturated rings. The van der Waals surface area contributed by atoms with E-state index in [1.807, 2.05) is 24.3 Å². The van der Waals surface area contributed by atoms with Gasteiger partial charge in [0.15, 0.2) is 0 Å². The molecule has 0 amide bonds. The number of sulfone groups is 1. The summed E-state index contributed by atoms with van der Waals surface area (Å²) in [6, 6.07) is 40.3. The summed E-state index contributed by atoms with van der Waals surface area (Å²) < 4.78 is 29.4. The molecule has 6 aliphatic rings. The Bertz CT molecular complexity index is 2190. The van der Waals surface area contributed by atoms with Crippen LogP contribution in [0.25, 0.3) is 11.1 Å². The van der Waals surface area contributed by atoms with Gasteiger partial charge in [-0.05, 0) is 132 Å². The van der Waals surface area contributed by atoms with Gasteiger partial charge in [-0.15, -0.1) is 0 Å². The van der Waals surface area contributed by atoms with Gasteiger partial charge in [0.05, 0.1) is 9.79 Å². The fourth-order valence-corrected chi connectivity index (χ4v) is 13.0. The number of hydrogen-bond donors (Lipinski definition) is 0. The first-order chi connectivity index (χ1) is 22.8. The van der Waals surface area contributed by atoms with Crippen molar-refractivity contribution >= 4 is 26.9 Å². The first-order valence-electron chi connectivity index (χ1n) is 17.4. The molecule has 0 aromatic heterocycles. The van der Waals surface area contributed by atoms with Crippen LogP contribution in [0.4, 0.5) is 17.1 Å². The van der Waals surface area contributed by atoms with Crippen LogP contribution in [0.1, 0.15) is 68.2 Å². The maximum atomic E-state index is 14.7. The predicted molar refractivity (Wildman–Crippen MR) is 188 cm³/mol. The number of rotatable bonds is 3. The normalized spacial score (nSPS) is 28.0. The molecule has 4 heteroatoms. The zero-order valence-electron chi connectivity index (χ0n) is 27.0. The van der Waals surface area contributed by atoms with E-state index in [0.29, 0.717) is 21.6 Å². The van der Waals surface area contributed by atoms with Crippen LogP contribution in [-0.4, -0.2) is 8.42 Å². The summed E-state index contributed by atoms with van der Waals surface area (Å²) in [7, 11) is -3.72. The fourth-order valence-electron chi connectivity index (χ4n) is 11.2. The summed E-state index contributed by atoms with van der Waals surface area (Å²) in [5.41, 5.74) is 9.88. The molecule has 0 radical (unpaired) electrons. The summed E-state index contributed by atoms with van der Waals surface area (Å²) >= 11 is 0. The van der Waals surface area contributed by atoms with Crippen LogP contribution in [0, 0.1) is 23.7 Å². The van der Waals surface area contributed by atoms with Crippen LogP contribution in [0.5, 0.6) is 0 Å². The third-order valence-electron chi connectivity index (χ3n) is 12.8. The van der Waals surface area contributed by atoms with Gasteiger partial charge in [0.25, 0.3) is 0 Å². The highest BCUT2D eigenvalue weighted by atomic mass is 32.2. The fraction of sp³-hybridized carbons (Fsp3) is 0.302. The second-order valence-electron chi connectivity index (χ2n) is 15.4. The van der Waals surface area contributed by atoms with E-state index in [9.17, 15) is 8.42 Å². The second-order valence-corrected chi connectivity index (χ2v) is 17.3. The van der Waals surface area contributed by atoms with Crippen molar-refractivity contribution in [1.29, 1.82) is 0 Å². The second kappa shape index (κ2) is 9.48. The Morgan fingerprint density at radius 3 is 1.85 bits per heavy atom. The molecule has 11 rings (SSSR count). The molecule has 3 nitrogen and oxygen atoms in total. The lowest BCUT2D eigenvalue weighted by Gasteiger charge is -2.63. The lowest BCUT2D eigenvalue weighted by molar-refractivity contribution is -0.0446. The van der Waals surface area contributed by atoms with E-state index in [-0.39, 0.29) is 10.8 Å². The summed E-state index contributed by atoms with van der Waals surface area (Å²) in [5, 5.41) is 0. The zero-order chi connectivity index (χ0) is 31.7. The third kappa shape index (κ3) is 3.60. The Labute approximate surface area is 278 Å². The van der Waals surface area contributed by atoms with Gasteiger partial charge in [-0.2, -0.15) is 0 Å². The summed E-state index contributed by atoms with van der Waals surface area (Å²) in [6.07, 6.45) is 6.22. The number of nitrogens with zero attached hydrogens (tertiary/aromatic N) is 1. The van der Waals surface area contributed by atoms with Crippen molar-refractivity contribution in [3.05, 3.63) is 138 Å². The molecule has 5 aromatic rings. The van der Waals surface area contributed by atoms with Crippen molar-refractivity contribution in [1.82, 2.24) is 0 Å². The number of para-hydroxylation sites is 1. The monoisotopic (exact) mass is 633 g/mol. The molecule has 234 valence electrons. The maximum Gasteiger partial charge on any atom is 0.207 e. The Balaban J connectivity index is 1.19. The quantitative estimate of drug-likeness (QED) is 0.198. The van der Waals surface area contributed by atoms with Crippen molar-refractivity contribution in [2.24, 2.45) is 23.7 Å². The van der Waals surface area contributed by atoms with E-state index >= 15 is 0 Å². The van der Waals surface area contributed by atoms with Gasteiger partial charge in [-0.3, -0.25) is 0 Å². The minimum absolute atomic E-state index is 0.140. The Morgan fingerprint density at radius 1 is 0.532 bits per heavy atom. The van der Waals surface area contributed by atoms with Crippen molar-refractivity contribution < 1.29 is 8.42 Å². The average molecular weight is 634 g/mol. The van der Waals surface area contributed by atoms with Gasteiger partial charge in [0.1, 0.15) is 0 Å². The topological polar surface area (TPSA) is 37.4 Å². The van der Waals surface area contributed by atoms with Gasteiger partial charge in [0, 0.05) is 27.9 Å². The van der Waals surface area contributed by atoms with Crippen molar-refractivity contribution in [2.45, 2.75) is 66.6 Å². The first-order valence-corrected chi connectivity index (χ1v) is 18.8. The smallest absolute Gasteiger partial charge is 0.207 e. The van der Waals surface area contributed by atoms with Gasteiger partial charge in [-0.1, -0.05) is 86.6 Å².